The van der Waals surface area contributed by atoms with Crippen molar-refractivity contribution >= 4 is 21.7 Å². The third kappa shape index (κ3) is 2.85. The molecule has 0 aromatic heterocycles. The molecule has 0 N–H and O–H groups in total. The minimum atomic E-state index is 0.232. The molecule has 0 aliphatic heterocycles. The van der Waals surface area contributed by atoms with Gasteiger partial charge in [-0.05, 0) is 55.7 Å². The van der Waals surface area contributed by atoms with Crippen LogP contribution in [0.4, 0.5) is 0 Å². The second-order valence-corrected chi connectivity index (χ2v) is 6.70. The smallest absolute Gasteiger partial charge is 0.166 e. The van der Waals surface area contributed by atoms with Gasteiger partial charge in [-0.3, -0.25) is 4.79 Å². The standard InChI is InChI=1S/C16H21BrO/c1-10-4-5-13(8-11(10)2)16(18)15-7-6-14(17)9-12(15)3/h6-7,9-11,13H,4-5,8H2,1-3H3. The average Bonchev–Trinajstić information content (AvgIpc) is 2.32. The average molecular weight is 309 g/mol. The van der Waals surface area contributed by atoms with Crippen LogP contribution >= 0.6 is 15.9 Å². The lowest BCUT2D eigenvalue weighted by molar-refractivity contribution is 0.0837. The van der Waals surface area contributed by atoms with Gasteiger partial charge in [-0.15, -0.1) is 0 Å². The Kier molecular flexibility index (Phi) is 4.26. The van der Waals surface area contributed by atoms with Gasteiger partial charge in [0.25, 0.3) is 0 Å². The summed E-state index contributed by atoms with van der Waals surface area (Å²) in [6, 6.07) is 5.96. The van der Waals surface area contributed by atoms with Crippen LogP contribution in [0, 0.1) is 24.7 Å². The minimum Gasteiger partial charge on any atom is -0.294 e. The van der Waals surface area contributed by atoms with Gasteiger partial charge in [-0.1, -0.05) is 35.8 Å². The van der Waals surface area contributed by atoms with Crippen molar-refractivity contribution in [2.24, 2.45) is 17.8 Å². The van der Waals surface area contributed by atoms with Crippen molar-refractivity contribution < 1.29 is 4.79 Å². The molecule has 0 saturated heterocycles. The summed E-state index contributed by atoms with van der Waals surface area (Å²) in [6.07, 6.45) is 3.29. The van der Waals surface area contributed by atoms with E-state index in [-0.39, 0.29) is 5.92 Å². The number of ketones is 1. The molecule has 18 heavy (non-hydrogen) atoms. The highest BCUT2D eigenvalue weighted by atomic mass is 79.9. The van der Waals surface area contributed by atoms with Gasteiger partial charge in [0.2, 0.25) is 0 Å². The third-order valence-electron chi connectivity index (χ3n) is 4.42. The second kappa shape index (κ2) is 5.56. The Hall–Kier alpha value is -0.630. The van der Waals surface area contributed by atoms with E-state index >= 15 is 0 Å². The third-order valence-corrected chi connectivity index (χ3v) is 4.92. The summed E-state index contributed by atoms with van der Waals surface area (Å²) >= 11 is 3.45. The summed E-state index contributed by atoms with van der Waals surface area (Å²) in [4.78, 5) is 12.6. The maximum atomic E-state index is 12.6. The number of hydrogen-bond acceptors (Lipinski definition) is 1. The molecule has 3 atom stereocenters. The van der Waals surface area contributed by atoms with Crippen molar-refractivity contribution in [1.82, 2.24) is 0 Å². The Bertz CT molecular complexity index is 452. The number of hydrogen-bond donors (Lipinski definition) is 0. The Morgan fingerprint density at radius 2 is 1.94 bits per heavy atom. The SMILES string of the molecule is Cc1cc(Br)ccc1C(=O)C1CCC(C)C(C)C1. The predicted molar refractivity (Wildman–Crippen MR) is 78.9 cm³/mol. The van der Waals surface area contributed by atoms with E-state index in [9.17, 15) is 4.79 Å². The number of aryl methyl sites for hydroxylation is 1. The summed E-state index contributed by atoms with van der Waals surface area (Å²) in [6.45, 7) is 6.60. The van der Waals surface area contributed by atoms with Gasteiger partial charge >= 0.3 is 0 Å². The highest BCUT2D eigenvalue weighted by Gasteiger charge is 2.30. The Morgan fingerprint density at radius 1 is 1.22 bits per heavy atom. The Labute approximate surface area is 118 Å². The van der Waals surface area contributed by atoms with E-state index in [2.05, 4.69) is 29.8 Å². The van der Waals surface area contributed by atoms with E-state index < -0.39 is 0 Å². The van der Waals surface area contributed by atoms with E-state index in [1.165, 1.54) is 6.42 Å². The van der Waals surface area contributed by atoms with E-state index in [1.807, 2.05) is 25.1 Å². The maximum Gasteiger partial charge on any atom is 0.166 e. The first kappa shape index (κ1) is 13.8. The van der Waals surface area contributed by atoms with Gasteiger partial charge in [0.05, 0.1) is 0 Å². The van der Waals surface area contributed by atoms with Crippen LogP contribution < -0.4 is 0 Å². The maximum absolute atomic E-state index is 12.6. The highest BCUT2D eigenvalue weighted by Crippen LogP contribution is 2.35. The number of Topliss-reactive ketones (excluding diaryl/α,β-unsaturated/α-hetero) is 1. The molecule has 0 radical (unpaired) electrons. The summed E-state index contributed by atoms with van der Waals surface area (Å²) in [5, 5.41) is 0. The molecular weight excluding hydrogens is 288 g/mol. The van der Waals surface area contributed by atoms with Gasteiger partial charge in [0.1, 0.15) is 0 Å². The van der Waals surface area contributed by atoms with Crippen LogP contribution in [0.3, 0.4) is 0 Å². The van der Waals surface area contributed by atoms with Gasteiger partial charge in [0, 0.05) is 16.0 Å². The lowest BCUT2D eigenvalue weighted by Gasteiger charge is -2.31. The molecule has 0 amide bonds. The van der Waals surface area contributed by atoms with Crippen molar-refractivity contribution in [3.8, 4) is 0 Å². The molecule has 1 nitrogen and oxygen atoms in total. The molecule has 1 aromatic carbocycles. The molecule has 3 unspecified atom stereocenters. The van der Waals surface area contributed by atoms with Crippen LogP contribution in [-0.4, -0.2) is 5.78 Å². The summed E-state index contributed by atoms with van der Waals surface area (Å²) < 4.78 is 1.04. The van der Waals surface area contributed by atoms with Crippen LogP contribution in [0.2, 0.25) is 0 Å². The van der Waals surface area contributed by atoms with E-state index in [0.29, 0.717) is 11.7 Å². The summed E-state index contributed by atoms with van der Waals surface area (Å²) in [5.41, 5.74) is 1.99. The minimum absolute atomic E-state index is 0.232. The van der Waals surface area contributed by atoms with E-state index in [1.54, 1.807) is 0 Å². The normalized spacial score (nSPS) is 28.1. The van der Waals surface area contributed by atoms with Crippen LogP contribution in [0.15, 0.2) is 22.7 Å². The van der Waals surface area contributed by atoms with Gasteiger partial charge < -0.3 is 0 Å². The summed E-state index contributed by atoms with van der Waals surface area (Å²) in [5.74, 6) is 2.01. The van der Waals surface area contributed by atoms with Crippen LogP contribution in [0.25, 0.3) is 0 Å². The Morgan fingerprint density at radius 3 is 2.56 bits per heavy atom. The molecule has 0 heterocycles. The molecule has 0 spiro atoms. The highest BCUT2D eigenvalue weighted by molar-refractivity contribution is 9.10. The predicted octanol–water partition coefficient (Wildman–Crippen LogP) is 5.01. The van der Waals surface area contributed by atoms with Gasteiger partial charge in [-0.2, -0.15) is 0 Å². The van der Waals surface area contributed by atoms with Crippen molar-refractivity contribution in [3.05, 3.63) is 33.8 Å². The zero-order valence-corrected chi connectivity index (χ0v) is 13.0. The fraction of sp³-hybridized carbons (Fsp3) is 0.562. The largest absolute Gasteiger partial charge is 0.294 e. The zero-order chi connectivity index (χ0) is 13.3. The molecule has 0 bridgehead atoms. The quantitative estimate of drug-likeness (QED) is 0.702. The van der Waals surface area contributed by atoms with Gasteiger partial charge in [-0.25, -0.2) is 0 Å². The van der Waals surface area contributed by atoms with Gasteiger partial charge in [0.15, 0.2) is 5.78 Å². The van der Waals surface area contributed by atoms with Crippen molar-refractivity contribution in [1.29, 1.82) is 0 Å². The molecule has 1 aromatic rings. The molecule has 2 rings (SSSR count). The van der Waals surface area contributed by atoms with E-state index in [0.717, 1.165) is 34.4 Å². The molecule has 1 saturated carbocycles. The summed E-state index contributed by atoms with van der Waals surface area (Å²) in [7, 11) is 0. The van der Waals surface area contributed by atoms with Crippen molar-refractivity contribution in [2.75, 3.05) is 0 Å². The lowest BCUT2D eigenvalue weighted by Crippen LogP contribution is -2.26. The fourth-order valence-corrected chi connectivity index (χ4v) is 3.38. The fourth-order valence-electron chi connectivity index (χ4n) is 2.91. The number of benzene rings is 1. The molecule has 1 aliphatic carbocycles. The first-order valence-electron chi connectivity index (χ1n) is 6.79. The number of rotatable bonds is 2. The molecular formula is C16H21BrO. The first-order chi connectivity index (χ1) is 8.49. The zero-order valence-electron chi connectivity index (χ0n) is 11.4. The topological polar surface area (TPSA) is 17.1 Å². The molecule has 1 fully saturated rings. The number of carbonyl (C=O) groups excluding carboxylic acids is 1. The van der Waals surface area contributed by atoms with E-state index in [4.69, 9.17) is 0 Å². The Balaban J connectivity index is 2.16. The molecule has 1 aliphatic rings. The lowest BCUT2D eigenvalue weighted by atomic mass is 9.73. The number of carbonyl (C=O) groups is 1. The van der Waals surface area contributed by atoms with Crippen LogP contribution in [-0.2, 0) is 0 Å². The van der Waals surface area contributed by atoms with Crippen molar-refractivity contribution in [3.63, 3.8) is 0 Å². The number of halogens is 1. The van der Waals surface area contributed by atoms with Crippen molar-refractivity contribution in [2.45, 2.75) is 40.0 Å². The molecule has 2 heteroatoms. The van der Waals surface area contributed by atoms with Crippen LogP contribution in [0.5, 0.6) is 0 Å². The second-order valence-electron chi connectivity index (χ2n) is 5.79. The first-order valence-corrected chi connectivity index (χ1v) is 7.58. The monoisotopic (exact) mass is 308 g/mol. The van der Waals surface area contributed by atoms with Crippen LogP contribution in [0.1, 0.15) is 49.0 Å². The molecule has 98 valence electrons.